The van der Waals surface area contributed by atoms with E-state index in [-0.39, 0.29) is 12.1 Å². The van der Waals surface area contributed by atoms with Crippen molar-refractivity contribution in [3.05, 3.63) is 18.2 Å². The SMILES string of the molecule is CC1CN(C(CN)c2cncn2C2CC2)C(C)CO1. The Labute approximate surface area is 114 Å². The van der Waals surface area contributed by atoms with Gasteiger partial charge in [0, 0.05) is 31.4 Å². The van der Waals surface area contributed by atoms with Gasteiger partial charge >= 0.3 is 0 Å². The molecule has 0 radical (unpaired) electrons. The molecule has 0 amide bonds. The van der Waals surface area contributed by atoms with Gasteiger partial charge in [0.15, 0.2) is 0 Å². The number of rotatable bonds is 4. The van der Waals surface area contributed by atoms with E-state index in [1.54, 1.807) is 0 Å². The monoisotopic (exact) mass is 264 g/mol. The van der Waals surface area contributed by atoms with Crippen molar-refractivity contribution >= 4 is 0 Å². The van der Waals surface area contributed by atoms with Gasteiger partial charge in [0.25, 0.3) is 0 Å². The average Bonchev–Trinajstić information content (AvgIpc) is 3.14. The lowest BCUT2D eigenvalue weighted by atomic mass is 10.1. The van der Waals surface area contributed by atoms with Crippen LogP contribution in [0.3, 0.4) is 0 Å². The molecule has 3 rings (SSSR count). The number of nitrogens with two attached hydrogens (primary N) is 1. The number of nitrogens with zero attached hydrogens (tertiary/aromatic N) is 3. The fourth-order valence-electron chi connectivity index (χ4n) is 3.02. The Morgan fingerprint density at radius 1 is 1.47 bits per heavy atom. The molecule has 5 heteroatoms. The highest BCUT2D eigenvalue weighted by Crippen LogP contribution is 2.38. The molecule has 3 unspecified atom stereocenters. The van der Waals surface area contributed by atoms with Gasteiger partial charge in [-0.25, -0.2) is 4.98 Å². The summed E-state index contributed by atoms with van der Waals surface area (Å²) in [5.41, 5.74) is 7.34. The van der Waals surface area contributed by atoms with Gasteiger partial charge in [-0.15, -0.1) is 0 Å². The molecule has 2 heterocycles. The van der Waals surface area contributed by atoms with Crippen molar-refractivity contribution in [3.63, 3.8) is 0 Å². The molecule has 1 saturated heterocycles. The van der Waals surface area contributed by atoms with E-state index >= 15 is 0 Å². The van der Waals surface area contributed by atoms with E-state index in [0.29, 0.717) is 18.6 Å². The summed E-state index contributed by atoms with van der Waals surface area (Å²) in [6.45, 7) is 6.71. The smallest absolute Gasteiger partial charge is 0.0951 e. The van der Waals surface area contributed by atoms with Crippen molar-refractivity contribution in [1.29, 1.82) is 0 Å². The second kappa shape index (κ2) is 5.23. The number of morpholine rings is 1. The van der Waals surface area contributed by atoms with Crippen molar-refractivity contribution in [2.75, 3.05) is 19.7 Å². The van der Waals surface area contributed by atoms with Crippen LogP contribution in [0.4, 0.5) is 0 Å². The lowest BCUT2D eigenvalue weighted by Crippen LogP contribution is -2.50. The fraction of sp³-hybridized carbons (Fsp3) is 0.786. The number of imidazole rings is 1. The average molecular weight is 264 g/mol. The van der Waals surface area contributed by atoms with E-state index in [2.05, 4.69) is 28.3 Å². The third-order valence-corrected chi connectivity index (χ3v) is 4.26. The lowest BCUT2D eigenvalue weighted by molar-refractivity contribution is -0.0664. The summed E-state index contributed by atoms with van der Waals surface area (Å²) in [6, 6.07) is 1.32. The molecule has 1 aliphatic carbocycles. The summed E-state index contributed by atoms with van der Waals surface area (Å²) < 4.78 is 8.04. The molecule has 2 aliphatic rings. The number of aromatic nitrogens is 2. The van der Waals surface area contributed by atoms with E-state index in [4.69, 9.17) is 10.5 Å². The maximum atomic E-state index is 6.07. The highest BCUT2D eigenvalue weighted by molar-refractivity contribution is 5.11. The molecule has 0 bridgehead atoms. The predicted octanol–water partition coefficient (Wildman–Crippen LogP) is 1.33. The van der Waals surface area contributed by atoms with Crippen molar-refractivity contribution in [3.8, 4) is 0 Å². The van der Waals surface area contributed by atoms with Gasteiger partial charge in [-0.3, -0.25) is 4.90 Å². The van der Waals surface area contributed by atoms with Crippen LogP contribution >= 0.6 is 0 Å². The first kappa shape index (κ1) is 13.1. The van der Waals surface area contributed by atoms with Crippen LogP contribution in [0.25, 0.3) is 0 Å². The molecule has 1 aromatic rings. The van der Waals surface area contributed by atoms with Crippen molar-refractivity contribution in [2.45, 2.75) is 50.9 Å². The maximum absolute atomic E-state index is 6.07. The molecule has 1 saturated carbocycles. The molecular formula is C14H24N4O. The standard InChI is InChI=1S/C14H24N4O/c1-10-8-19-11(2)7-17(10)13(5-15)14-6-16-9-18(14)12-3-4-12/h6,9-13H,3-5,7-8,15H2,1-2H3. The van der Waals surface area contributed by atoms with Gasteiger partial charge in [0.2, 0.25) is 0 Å². The largest absolute Gasteiger partial charge is 0.376 e. The van der Waals surface area contributed by atoms with Crippen molar-refractivity contribution < 1.29 is 4.74 Å². The van der Waals surface area contributed by atoms with Crippen molar-refractivity contribution in [1.82, 2.24) is 14.5 Å². The minimum atomic E-state index is 0.254. The molecule has 5 nitrogen and oxygen atoms in total. The zero-order valence-electron chi connectivity index (χ0n) is 11.8. The van der Waals surface area contributed by atoms with Crippen LogP contribution in [-0.2, 0) is 4.74 Å². The van der Waals surface area contributed by atoms with E-state index in [1.165, 1.54) is 18.5 Å². The van der Waals surface area contributed by atoms with Gasteiger partial charge in [0.05, 0.1) is 30.8 Å². The molecule has 0 aromatic carbocycles. The Bertz CT molecular complexity index is 429. The number of hydrogen-bond acceptors (Lipinski definition) is 4. The minimum Gasteiger partial charge on any atom is -0.376 e. The van der Waals surface area contributed by atoms with E-state index in [0.717, 1.165) is 13.2 Å². The van der Waals surface area contributed by atoms with Gasteiger partial charge in [-0.2, -0.15) is 0 Å². The minimum absolute atomic E-state index is 0.254. The second-order valence-corrected chi connectivity index (χ2v) is 5.90. The highest BCUT2D eigenvalue weighted by Gasteiger charge is 2.34. The molecular weight excluding hydrogens is 240 g/mol. The third-order valence-electron chi connectivity index (χ3n) is 4.26. The first-order valence-electron chi connectivity index (χ1n) is 7.29. The summed E-state index contributed by atoms with van der Waals surface area (Å²) in [5, 5.41) is 0. The quantitative estimate of drug-likeness (QED) is 0.891. The number of hydrogen-bond donors (Lipinski definition) is 1. The molecule has 3 atom stereocenters. The summed E-state index contributed by atoms with van der Waals surface area (Å²) in [4.78, 5) is 6.82. The highest BCUT2D eigenvalue weighted by atomic mass is 16.5. The van der Waals surface area contributed by atoms with Gasteiger partial charge < -0.3 is 15.0 Å². The molecule has 1 aliphatic heterocycles. The summed E-state index contributed by atoms with van der Waals surface area (Å²) >= 11 is 0. The van der Waals surface area contributed by atoms with Gasteiger partial charge in [0.1, 0.15) is 0 Å². The molecule has 2 fully saturated rings. The molecule has 19 heavy (non-hydrogen) atoms. The predicted molar refractivity (Wildman–Crippen MR) is 73.9 cm³/mol. The maximum Gasteiger partial charge on any atom is 0.0951 e. The summed E-state index contributed by atoms with van der Waals surface area (Å²) in [6.07, 6.45) is 6.78. The first-order valence-corrected chi connectivity index (χ1v) is 7.29. The summed E-state index contributed by atoms with van der Waals surface area (Å²) in [7, 11) is 0. The van der Waals surface area contributed by atoms with Crippen LogP contribution in [0.15, 0.2) is 12.5 Å². The Morgan fingerprint density at radius 2 is 2.26 bits per heavy atom. The van der Waals surface area contributed by atoms with Crippen molar-refractivity contribution in [2.24, 2.45) is 5.73 Å². The lowest BCUT2D eigenvalue weighted by Gasteiger charge is -2.41. The van der Waals surface area contributed by atoms with Crippen LogP contribution in [0, 0.1) is 0 Å². The van der Waals surface area contributed by atoms with E-state index < -0.39 is 0 Å². The van der Waals surface area contributed by atoms with Gasteiger partial charge in [-0.1, -0.05) is 0 Å². The summed E-state index contributed by atoms with van der Waals surface area (Å²) in [5.74, 6) is 0. The zero-order valence-corrected chi connectivity index (χ0v) is 11.8. The zero-order chi connectivity index (χ0) is 13.4. The first-order chi connectivity index (χ1) is 9.20. The molecule has 1 aromatic heterocycles. The third kappa shape index (κ3) is 2.55. The topological polar surface area (TPSA) is 56.3 Å². The van der Waals surface area contributed by atoms with Crippen LogP contribution in [-0.4, -0.2) is 46.3 Å². The van der Waals surface area contributed by atoms with Crippen LogP contribution < -0.4 is 5.73 Å². The molecule has 106 valence electrons. The number of ether oxygens (including phenoxy) is 1. The Balaban J connectivity index is 1.84. The van der Waals surface area contributed by atoms with E-state index in [1.807, 2.05) is 12.5 Å². The normalized spacial score (nSPS) is 30.5. The van der Waals surface area contributed by atoms with Crippen LogP contribution in [0.2, 0.25) is 0 Å². The molecule has 0 spiro atoms. The Hall–Kier alpha value is -0.910. The van der Waals surface area contributed by atoms with Gasteiger partial charge in [-0.05, 0) is 26.7 Å². The Kier molecular flexibility index (Phi) is 3.60. The van der Waals surface area contributed by atoms with Crippen LogP contribution in [0.1, 0.15) is 44.5 Å². The Morgan fingerprint density at radius 3 is 2.95 bits per heavy atom. The fourth-order valence-corrected chi connectivity index (χ4v) is 3.02. The second-order valence-electron chi connectivity index (χ2n) is 5.90. The van der Waals surface area contributed by atoms with Crippen LogP contribution in [0.5, 0.6) is 0 Å². The molecule has 2 N–H and O–H groups in total. The van der Waals surface area contributed by atoms with E-state index in [9.17, 15) is 0 Å².